The lowest BCUT2D eigenvalue weighted by molar-refractivity contribution is 0.779. The number of hydrogen-bond acceptors (Lipinski definition) is 0. The van der Waals surface area contributed by atoms with Crippen LogP contribution in [0.25, 0.3) is 0 Å². The van der Waals surface area contributed by atoms with Gasteiger partial charge in [0.15, 0.2) is 0 Å². The summed E-state index contributed by atoms with van der Waals surface area (Å²) in [7, 11) is 0. The van der Waals surface area contributed by atoms with Crippen LogP contribution in [0.4, 0.5) is 0 Å². The Morgan fingerprint density at radius 3 is 2.90 bits per heavy atom. The van der Waals surface area contributed by atoms with E-state index >= 15 is 0 Å². The van der Waals surface area contributed by atoms with Gasteiger partial charge in [-0.3, -0.25) is 0 Å². The van der Waals surface area contributed by atoms with Gasteiger partial charge in [-0.15, -0.1) is 0 Å². The minimum absolute atomic E-state index is 0.694. The Hall–Kier alpha value is -0.0400. The van der Waals surface area contributed by atoms with Crippen LogP contribution in [0.15, 0.2) is 23.8 Å². The fraction of sp³-hybridized carbons (Fsp3) is 0.556. The standard InChI is InChI=1S/C9H13Br/c1-8-4-2-5-9(8)6-3-7-10/h2,4-5,8H,3,6-7H2,1H3. The van der Waals surface area contributed by atoms with E-state index in [4.69, 9.17) is 0 Å². The molecule has 0 N–H and O–H groups in total. The zero-order chi connectivity index (χ0) is 7.40. The van der Waals surface area contributed by atoms with Gasteiger partial charge in [0.25, 0.3) is 0 Å². The molecule has 0 heterocycles. The monoisotopic (exact) mass is 200 g/mol. The summed E-state index contributed by atoms with van der Waals surface area (Å²) in [6.07, 6.45) is 9.17. The highest BCUT2D eigenvalue weighted by atomic mass is 79.9. The predicted molar refractivity (Wildman–Crippen MR) is 49.4 cm³/mol. The van der Waals surface area contributed by atoms with E-state index in [9.17, 15) is 0 Å². The van der Waals surface area contributed by atoms with Gasteiger partial charge in [0.05, 0.1) is 0 Å². The molecule has 1 heteroatoms. The molecule has 0 aromatic rings. The van der Waals surface area contributed by atoms with E-state index in [0.717, 1.165) is 5.33 Å². The maximum atomic E-state index is 3.43. The van der Waals surface area contributed by atoms with Crippen LogP contribution in [-0.2, 0) is 0 Å². The lowest BCUT2D eigenvalue weighted by Gasteiger charge is -2.05. The van der Waals surface area contributed by atoms with Gasteiger partial charge < -0.3 is 0 Å². The Bertz CT molecular complexity index is 156. The van der Waals surface area contributed by atoms with Crippen molar-refractivity contribution in [3.05, 3.63) is 23.8 Å². The minimum Gasteiger partial charge on any atom is -0.0928 e. The Kier molecular flexibility index (Phi) is 3.20. The molecule has 0 spiro atoms. The molecule has 0 amide bonds. The summed E-state index contributed by atoms with van der Waals surface area (Å²) in [6, 6.07) is 0. The van der Waals surface area contributed by atoms with Crippen molar-refractivity contribution >= 4 is 15.9 Å². The van der Waals surface area contributed by atoms with E-state index in [2.05, 4.69) is 41.1 Å². The topological polar surface area (TPSA) is 0 Å². The molecule has 1 aliphatic carbocycles. The van der Waals surface area contributed by atoms with Crippen LogP contribution in [-0.4, -0.2) is 5.33 Å². The van der Waals surface area contributed by atoms with Gasteiger partial charge >= 0.3 is 0 Å². The summed E-state index contributed by atoms with van der Waals surface area (Å²) in [5.41, 5.74) is 1.58. The Labute approximate surface area is 71.1 Å². The molecule has 0 saturated heterocycles. The molecule has 0 bridgehead atoms. The highest BCUT2D eigenvalue weighted by molar-refractivity contribution is 9.09. The Morgan fingerprint density at radius 2 is 2.40 bits per heavy atom. The van der Waals surface area contributed by atoms with E-state index in [1.54, 1.807) is 5.57 Å². The summed E-state index contributed by atoms with van der Waals surface area (Å²) in [5, 5.41) is 1.12. The van der Waals surface area contributed by atoms with Crippen LogP contribution < -0.4 is 0 Å². The van der Waals surface area contributed by atoms with Gasteiger partial charge in [-0.25, -0.2) is 0 Å². The van der Waals surface area contributed by atoms with Gasteiger partial charge in [0.1, 0.15) is 0 Å². The molecule has 0 saturated carbocycles. The minimum atomic E-state index is 0.694. The quantitative estimate of drug-likeness (QED) is 0.614. The van der Waals surface area contributed by atoms with Gasteiger partial charge in [0.2, 0.25) is 0 Å². The zero-order valence-corrected chi connectivity index (χ0v) is 7.89. The van der Waals surface area contributed by atoms with Crippen molar-refractivity contribution in [3.63, 3.8) is 0 Å². The molecule has 0 nitrogen and oxygen atoms in total. The zero-order valence-electron chi connectivity index (χ0n) is 6.31. The van der Waals surface area contributed by atoms with E-state index < -0.39 is 0 Å². The molecule has 1 aliphatic rings. The van der Waals surface area contributed by atoms with Crippen LogP contribution >= 0.6 is 15.9 Å². The second-order valence-corrected chi connectivity index (χ2v) is 3.50. The second-order valence-electron chi connectivity index (χ2n) is 2.71. The average molecular weight is 201 g/mol. The van der Waals surface area contributed by atoms with Crippen LogP contribution in [0.1, 0.15) is 19.8 Å². The second kappa shape index (κ2) is 3.97. The number of allylic oxidation sites excluding steroid dienone is 4. The maximum Gasteiger partial charge on any atom is 0.00343 e. The maximum absolute atomic E-state index is 3.43. The van der Waals surface area contributed by atoms with Crippen LogP contribution in [0, 0.1) is 5.92 Å². The number of rotatable bonds is 3. The summed E-state index contributed by atoms with van der Waals surface area (Å²) in [4.78, 5) is 0. The van der Waals surface area contributed by atoms with Gasteiger partial charge in [-0.1, -0.05) is 46.7 Å². The molecular weight excluding hydrogens is 188 g/mol. The summed E-state index contributed by atoms with van der Waals surface area (Å²) in [6.45, 7) is 2.25. The third-order valence-electron chi connectivity index (χ3n) is 1.89. The van der Waals surface area contributed by atoms with Crippen molar-refractivity contribution in [2.45, 2.75) is 19.8 Å². The Morgan fingerprint density at radius 1 is 1.60 bits per heavy atom. The van der Waals surface area contributed by atoms with Crippen molar-refractivity contribution in [3.8, 4) is 0 Å². The number of halogens is 1. The molecule has 0 aromatic carbocycles. The molecule has 0 fully saturated rings. The molecular formula is C9H13Br. The largest absolute Gasteiger partial charge is 0.0928 e. The van der Waals surface area contributed by atoms with E-state index in [0.29, 0.717) is 5.92 Å². The predicted octanol–water partition coefficient (Wildman–Crippen LogP) is 3.29. The lowest BCUT2D eigenvalue weighted by Crippen LogP contribution is -1.91. The summed E-state index contributed by atoms with van der Waals surface area (Å²) < 4.78 is 0. The molecule has 1 atom stereocenters. The van der Waals surface area contributed by atoms with Crippen LogP contribution in [0.3, 0.4) is 0 Å². The van der Waals surface area contributed by atoms with Crippen molar-refractivity contribution in [1.82, 2.24) is 0 Å². The van der Waals surface area contributed by atoms with E-state index in [1.165, 1.54) is 12.8 Å². The first-order valence-electron chi connectivity index (χ1n) is 3.78. The van der Waals surface area contributed by atoms with Crippen LogP contribution in [0.2, 0.25) is 0 Å². The third kappa shape index (κ3) is 1.98. The fourth-order valence-corrected chi connectivity index (χ4v) is 1.48. The smallest absolute Gasteiger partial charge is 0.00343 e. The highest BCUT2D eigenvalue weighted by Crippen LogP contribution is 2.22. The van der Waals surface area contributed by atoms with E-state index in [-0.39, 0.29) is 0 Å². The highest BCUT2D eigenvalue weighted by Gasteiger charge is 2.07. The van der Waals surface area contributed by atoms with Crippen molar-refractivity contribution < 1.29 is 0 Å². The normalized spacial score (nSPS) is 23.4. The molecule has 56 valence electrons. The van der Waals surface area contributed by atoms with Crippen molar-refractivity contribution in [1.29, 1.82) is 0 Å². The molecule has 1 unspecified atom stereocenters. The van der Waals surface area contributed by atoms with Gasteiger partial charge in [0, 0.05) is 5.33 Å². The fourth-order valence-electron chi connectivity index (χ4n) is 1.20. The molecule has 1 rings (SSSR count). The molecule has 0 aromatic heterocycles. The van der Waals surface area contributed by atoms with Crippen LogP contribution in [0.5, 0.6) is 0 Å². The van der Waals surface area contributed by atoms with Crippen molar-refractivity contribution in [2.24, 2.45) is 5.92 Å². The lowest BCUT2D eigenvalue weighted by atomic mass is 10.0. The Balaban J connectivity index is 2.30. The third-order valence-corrected chi connectivity index (χ3v) is 2.45. The molecule has 10 heavy (non-hydrogen) atoms. The summed E-state index contributed by atoms with van der Waals surface area (Å²) in [5.74, 6) is 0.694. The average Bonchev–Trinajstić information content (AvgIpc) is 2.31. The van der Waals surface area contributed by atoms with Crippen molar-refractivity contribution in [2.75, 3.05) is 5.33 Å². The number of hydrogen-bond donors (Lipinski definition) is 0. The SMILES string of the molecule is CC1C=CC=C1CCCBr. The molecule has 0 aliphatic heterocycles. The molecule has 0 radical (unpaired) electrons. The van der Waals surface area contributed by atoms with E-state index in [1.807, 2.05) is 0 Å². The number of alkyl halides is 1. The first-order valence-corrected chi connectivity index (χ1v) is 4.90. The summed E-state index contributed by atoms with van der Waals surface area (Å²) >= 11 is 3.43. The van der Waals surface area contributed by atoms with Gasteiger partial charge in [-0.05, 0) is 18.8 Å². The van der Waals surface area contributed by atoms with Gasteiger partial charge in [-0.2, -0.15) is 0 Å². The first kappa shape index (κ1) is 8.06. The first-order chi connectivity index (χ1) is 4.84.